The normalized spacial score (nSPS) is 18.7. The molecule has 5 heterocycles. The number of piperidine rings is 1. The van der Waals surface area contributed by atoms with Crippen LogP contribution in [0.4, 0.5) is 33.1 Å². The fourth-order valence-corrected chi connectivity index (χ4v) is 8.92. The van der Waals surface area contributed by atoms with Crippen LogP contribution in [0.15, 0.2) is 78.5 Å². The Morgan fingerprint density at radius 1 is 0.983 bits per heavy atom. The van der Waals surface area contributed by atoms with Crippen LogP contribution in [0.3, 0.4) is 0 Å². The van der Waals surface area contributed by atoms with Crippen LogP contribution in [0.2, 0.25) is 6.82 Å². The number of carbonyl (C=O) groups excluding carboxylic acids is 3. The number of carbonyl (C=O) groups is 3. The first-order valence-corrected chi connectivity index (χ1v) is 21.2. The quantitative estimate of drug-likeness (QED) is 0.0926. The third-order valence-electron chi connectivity index (χ3n) is 12.2. The van der Waals surface area contributed by atoms with Crippen molar-refractivity contribution in [2.24, 2.45) is 0 Å². The van der Waals surface area contributed by atoms with Crippen LogP contribution in [0, 0.1) is 13.8 Å². The topological polar surface area (TPSA) is 110 Å². The monoisotopic (exact) mass is 813 g/mol. The third-order valence-corrected chi connectivity index (χ3v) is 12.2. The second kappa shape index (κ2) is 18.2. The van der Waals surface area contributed by atoms with Crippen molar-refractivity contribution in [2.75, 3.05) is 61.9 Å². The van der Waals surface area contributed by atoms with E-state index in [1.807, 2.05) is 103 Å². The molecule has 2 unspecified atom stereocenters. The molecule has 2 fully saturated rings. The number of aromatic nitrogens is 3. The second-order valence-electron chi connectivity index (χ2n) is 16.5. The lowest BCUT2D eigenvalue weighted by atomic mass is 9.90. The molecule has 4 aromatic rings. The van der Waals surface area contributed by atoms with Gasteiger partial charge in [-0.3, -0.25) is 19.3 Å². The zero-order valence-electron chi connectivity index (χ0n) is 36.0. The number of fused-ring (bicyclic) bond motifs is 2. The predicted octanol–water partition coefficient (Wildman–Crippen LogP) is 7.90. The first-order valence-electron chi connectivity index (χ1n) is 21.2. The summed E-state index contributed by atoms with van der Waals surface area (Å²) in [7, 11) is 2.53. The van der Waals surface area contributed by atoms with Crippen molar-refractivity contribution in [2.45, 2.75) is 78.7 Å². The number of allylic oxidation sites excluding steroid dienone is 3. The Hall–Kier alpha value is -5.76. The van der Waals surface area contributed by atoms with E-state index in [4.69, 9.17) is 4.98 Å². The molecule has 2 atom stereocenters. The van der Waals surface area contributed by atoms with Crippen molar-refractivity contribution < 1.29 is 18.7 Å². The van der Waals surface area contributed by atoms with Crippen LogP contribution in [0.25, 0.3) is 6.08 Å². The van der Waals surface area contributed by atoms with E-state index in [0.29, 0.717) is 47.6 Å². The molecule has 60 heavy (non-hydrogen) atoms. The number of piperazine rings is 1. The largest absolute Gasteiger partial charge is 0.462 e. The van der Waals surface area contributed by atoms with Crippen molar-refractivity contribution in [3.8, 4) is 0 Å². The van der Waals surface area contributed by atoms with E-state index in [9.17, 15) is 18.7 Å². The zero-order chi connectivity index (χ0) is 42.7. The van der Waals surface area contributed by atoms with Crippen LogP contribution < -0.4 is 15.1 Å². The van der Waals surface area contributed by atoms with Gasteiger partial charge >= 0.3 is 7.12 Å². The van der Waals surface area contributed by atoms with E-state index in [1.165, 1.54) is 0 Å². The summed E-state index contributed by atoms with van der Waals surface area (Å²) in [6.07, 6.45) is 11.8. The van der Waals surface area contributed by atoms with Gasteiger partial charge in [-0.2, -0.15) is 4.98 Å². The number of para-hydroxylation sites is 1. The standard InChI is InChI=1S/C46H57BFN9O3/c1-31(27-40-32(2)28-34(4)57(40)47(5)48)13-9-8-10-16-42(58)55-25-23-54(24-26-55)37-21-22-56(33(3)29-37)44(59)35-17-19-36(20-18-35)50-46-49-30-41-43(51-46)52(6)39-15-12-11-14-38(39)45(60)53(41)7/h9,11-15,17-20,27-28,30,33,37H,8,10,16,21-26,29H2,1-7H3,(H,49,50,51)/b13-9-,31-27+. The molecule has 0 radical (unpaired) electrons. The van der Waals surface area contributed by atoms with E-state index in [0.717, 1.165) is 85.8 Å². The number of hydrogen-bond acceptors (Lipinski definition) is 8. The number of nitrogens with one attached hydrogen (secondary N) is 1. The summed E-state index contributed by atoms with van der Waals surface area (Å²) in [6.45, 7) is 13.5. The smallest absolute Gasteiger partial charge is 0.360 e. The lowest BCUT2D eigenvalue weighted by molar-refractivity contribution is -0.133. The van der Waals surface area contributed by atoms with Crippen molar-refractivity contribution >= 4 is 59.8 Å². The Bertz CT molecular complexity index is 2280. The van der Waals surface area contributed by atoms with Crippen LogP contribution in [-0.4, -0.2) is 113 Å². The van der Waals surface area contributed by atoms with Gasteiger partial charge in [-0.05, 0) is 120 Å². The molecule has 2 aromatic carbocycles. The van der Waals surface area contributed by atoms with E-state index in [-0.39, 0.29) is 23.8 Å². The van der Waals surface area contributed by atoms with Crippen molar-refractivity contribution in [3.63, 3.8) is 0 Å². The Kier molecular flexibility index (Phi) is 12.9. The second-order valence-corrected chi connectivity index (χ2v) is 16.5. The molecule has 7 rings (SSSR count). The van der Waals surface area contributed by atoms with E-state index in [2.05, 4.69) is 34.3 Å². The molecule has 2 aromatic heterocycles. The lowest BCUT2D eigenvalue weighted by Crippen LogP contribution is -2.56. The highest BCUT2D eigenvalue weighted by Gasteiger charge is 2.34. The number of anilines is 5. The number of amides is 3. The van der Waals surface area contributed by atoms with Gasteiger partial charge in [0, 0.05) is 88.0 Å². The third kappa shape index (κ3) is 9.03. The Balaban J connectivity index is 0.852. The summed E-state index contributed by atoms with van der Waals surface area (Å²) in [5.41, 5.74) is 7.27. The first-order chi connectivity index (χ1) is 28.8. The van der Waals surface area contributed by atoms with Crippen LogP contribution in [-0.2, 0) is 4.79 Å². The van der Waals surface area contributed by atoms with Gasteiger partial charge in [0.05, 0.1) is 17.4 Å². The SMILES string of the molecule is CB(F)n1c(C)cc(C)c1/C=C(C)/C=C\CCCC(=O)N1CCN(C2CCN(C(=O)c3ccc(Nc4ncc5c(n4)N(C)c4ccccc4C(=O)N5C)cc3)C(C)C2)CC1. The van der Waals surface area contributed by atoms with Gasteiger partial charge < -0.3 is 33.7 Å². The first kappa shape index (κ1) is 42.4. The molecule has 2 saturated heterocycles. The number of rotatable bonds is 11. The maximum Gasteiger partial charge on any atom is 0.462 e. The van der Waals surface area contributed by atoms with Gasteiger partial charge in [0.1, 0.15) is 5.69 Å². The molecule has 1 N–H and O–H groups in total. The Morgan fingerprint density at radius 2 is 1.72 bits per heavy atom. The highest BCUT2D eigenvalue weighted by atomic mass is 19.1. The van der Waals surface area contributed by atoms with Crippen molar-refractivity contribution in [1.82, 2.24) is 29.1 Å². The number of hydrogen-bond donors (Lipinski definition) is 1. The molecule has 3 amide bonds. The summed E-state index contributed by atoms with van der Waals surface area (Å²) >= 11 is 0. The average molecular weight is 814 g/mol. The number of aryl methyl sites for hydroxylation is 2. The molecule has 3 aliphatic rings. The molecule has 3 aliphatic heterocycles. The molecule has 314 valence electrons. The fraction of sp³-hybridized carbons (Fsp3) is 0.413. The molecule has 0 spiro atoms. The molecule has 12 nitrogen and oxygen atoms in total. The minimum Gasteiger partial charge on any atom is -0.360 e. The van der Waals surface area contributed by atoms with Crippen LogP contribution in [0.1, 0.15) is 83.6 Å². The Labute approximate surface area is 353 Å². The van der Waals surface area contributed by atoms with Crippen molar-refractivity contribution in [3.05, 3.63) is 107 Å². The molecule has 0 bridgehead atoms. The van der Waals surface area contributed by atoms with Gasteiger partial charge in [-0.15, -0.1) is 0 Å². The number of unbranched alkanes of at least 4 members (excludes halogenated alkanes) is 1. The Morgan fingerprint density at radius 3 is 2.43 bits per heavy atom. The van der Waals surface area contributed by atoms with E-state index in [1.54, 1.807) is 29.4 Å². The number of halogens is 1. The summed E-state index contributed by atoms with van der Waals surface area (Å²) in [5.74, 6) is 1.09. The minimum atomic E-state index is -1.08. The zero-order valence-corrected chi connectivity index (χ0v) is 36.0. The van der Waals surface area contributed by atoms with Gasteiger partial charge in [0.25, 0.3) is 11.8 Å². The summed E-state index contributed by atoms with van der Waals surface area (Å²) in [6, 6.07) is 17.3. The van der Waals surface area contributed by atoms with Crippen LogP contribution >= 0.6 is 0 Å². The highest BCUT2D eigenvalue weighted by molar-refractivity contribution is 6.48. The number of nitrogens with zero attached hydrogens (tertiary/aromatic N) is 8. The van der Waals surface area contributed by atoms with Gasteiger partial charge in [0.2, 0.25) is 11.9 Å². The average Bonchev–Trinajstić information content (AvgIpc) is 3.50. The van der Waals surface area contributed by atoms with Crippen LogP contribution in [0.5, 0.6) is 0 Å². The van der Waals surface area contributed by atoms with E-state index < -0.39 is 7.12 Å². The van der Waals surface area contributed by atoms with Gasteiger partial charge in [-0.1, -0.05) is 24.3 Å². The minimum absolute atomic E-state index is 0.0185. The lowest BCUT2D eigenvalue weighted by Gasteiger charge is -2.45. The summed E-state index contributed by atoms with van der Waals surface area (Å²) in [4.78, 5) is 59.2. The van der Waals surface area contributed by atoms with Gasteiger partial charge in [-0.25, -0.2) is 4.98 Å². The molecule has 0 saturated carbocycles. The summed E-state index contributed by atoms with van der Waals surface area (Å²) < 4.78 is 15.9. The summed E-state index contributed by atoms with van der Waals surface area (Å²) in [5, 5.41) is 3.26. The number of benzene rings is 2. The molecular formula is C46H57BFN9O3. The maximum absolute atomic E-state index is 14.2. The maximum atomic E-state index is 14.2. The van der Waals surface area contributed by atoms with Crippen molar-refractivity contribution in [1.29, 1.82) is 0 Å². The molecule has 0 aliphatic carbocycles. The van der Waals surface area contributed by atoms with E-state index >= 15 is 0 Å². The molecule has 14 heteroatoms. The predicted molar refractivity (Wildman–Crippen MR) is 239 cm³/mol. The highest BCUT2D eigenvalue weighted by Crippen LogP contribution is 2.38. The number of likely N-dealkylation sites (tertiary alicyclic amines) is 1. The fourth-order valence-electron chi connectivity index (χ4n) is 8.92. The van der Waals surface area contributed by atoms with Gasteiger partial charge in [0.15, 0.2) is 5.82 Å². The molecular weight excluding hydrogens is 756 g/mol.